The van der Waals surface area contributed by atoms with Crippen molar-refractivity contribution < 1.29 is 18.3 Å². The van der Waals surface area contributed by atoms with Crippen LogP contribution < -0.4 is 15.6 Å². The van der Waals surface area contributed by atoms with Crippen LogP contribution in [-0.2, 0) is 0 Å². The Morgan fingerprint density at radius 1 is 1.32 bits per heavy atom. The molecule has 0 saturated heterocycles. The number of halogens is 2. The molecule has 0 aliphatic carbocycles. The number of aryl methyl sites for hydroxylation is 1. The lowest BCUT2D eigenvalue weighted by molar-refractivity contribution is 0.0937. The van der Waals surface area contributed by atoms with Crippen molar-refractivity contribution in [1.29, 1.82) is 0 Å². The zero-order valence-electron chi connectivity index (χ0n) is 15.1. The first-order valence-electron chi connectivity index (χ1n) is 8.44. The van der Waals surface area contributed by atoms with Gasteiger partial charge in [0.05, 0.1) is 11.7 Å². The summed E-state index contributed by atoms with van der Waals surface area (Å²) >= 11 is 0. The maximum Gasteiger partial charge on any atom is 0.278 e. The van der Waals surface area contributed by atoms with Crippen LogP contribution in [0.1, 0.15) is 39.6 Å². The molecule has 0 fully saturated rings. The predicted molar refractivity (Wildman–Crippen MR) is 101 cm³/mol. The molecular formula is C21H18F2N2O3. The van der Waals surface area contributed by atoms with Crippen molar-refractivity contribution in [3.63, 3.8) is 0 Å². The molecule has 28 heavy (non-hydrogen) atoms. The van der Waals surface area contributed by atoms with Crippen LogP contribution in [0.25, 0.3) is 0 Å². The molecule has 1 aliphatic heterocycles. The Hall–Kier alpha value is -3.48. The second-order valence-corrected chi connectivity index (χ2v) is 6.29. The number of aromatic amines is 1. The molecule has 1 amide bonds. The highest BCUT2D eigenvalue weighted by Gasteiger charge is 2.30. The van der Waals surface area contributed by atoms with Gasteiger partial charge in [0, 0.05) is 11.1 Å². The summed E-state index contributed by atoms with van der Waals surface area (Å²) in [7, 11) is 0. The average molecular weight is 384 g/mol. The zero-order chi connectivity index (χ0) is 20.4. The summed E-state index contributed by atoms with van der Waals surface area (Å²) in [6.45, 7) is 9.43. The van der Waals surface area contributed by atoms with Gasteiger partial charge in [-0.2, -0.15) is 0 Å². The highest BCUT2D eigenvalue weighted by molar-refractivity contribution is 5.94. The maximum absolute atomic E-state index is 12.7. The van der Waals surface area contributed by atoms with Crippen molar-refractivity contribution >= 4 is 5.91 Å². The number of carbonyl (C=O) groups excluding carboxylic acids is 1. The highest BCUT2D eigenvalue weighted by atomic mass is 19.3. The Labute approximate surface area is 160 Å². The number of aromatic nitrogens is 1. The van der Waals surface area contributed by atoms with Gasteiger partial charge < -0.3 is 15.0 Å². The molecule has 144 valence electrons. The number of alkyl halides is 2. The van der Waals surface area contributed by atoms with Crippen LogP contribution in [0.5, 0.6) is 5.75 Å². The number of carbonyl (C=O) groups is 1. The van der Waals surface area contributed by atoms with Gasteiger partial charge in [0.2, 0.25) is 0 Å². The van der Waals surface area contributed by atoms with E-state index in [9.17, 15) is 18.4 Å². The van der Waals surface area contributed by atoms with E-state index in [0.717, 1.165) is 17.7 Å². The second-order valence-electron chi connectivity index (χ2n) is 6.29. The van der Waals surface area contributed by atoms with E-state index in [1.54, 1.807) is 12.1 Å². The van der Waals surface area contributed by atoms with E-state index in [2.05, 4.69) is 18.5 Å². The molecule has 7 heteroatoms. The molecule has 0 bridgehead atoms. The molecule has 2 aromatic rings. The largest absolute Gasteiger partial charge is 0.457 e. The molecule has 0 spiro atoms. The number of allylic oxidation sites excluding steroid dienone is 2. The first-order chi connectivity index (χ1) is 13.3. The molecule has 2 heterocycles. The summed E-state index contributed by atoms with van der Waals surface area (Å²) in [5.41, 5.74) is 0.505. The van der Waals surface area contributed by atoms with Crippen LogP contribution in [-0.4, -0.2) is 10.9 Å². The van der Waals surface area contributed by atoms with Crippen molar-refractivity contribution in [3.8, 4) is 5.75 Å². The van der Waals surface area contributed by atoms with Crippen LogP contribution >= 0.6 is 0 Å². The van der Waals surface area contributed by atoms with E-state index < -0.39 is 29.6 Å². The van der Waals surface area contributed by atoms with Crippen molar-refractivity contribution in [2.75, 3.05) is 0 Å². The quantitative estimate of drug-likeness (QED) is 0.833. The Balaban J connectivity index is 2.01. The maximum atomic E-state index is 12.7. The van der Waals surface area contributed by atoms with Gasteiger partial charge in [-0.3, -0.25) is 9.59 Å². The van der Waals surface area contributed by atoms with Crippen molar-refractivity contribution in [1.82, 2.24) is 10.3 Å². The Bertz CT molecular complexity index is 1050. The molecule has 5 nitrogen and oxygen atoms in total. The first-order valence-corrected chi connectivity index (χ1v) is 8.44. The van der Waals surface area contributed by atoms with E-state index in [-0.39, 0.29) is 5.56 Å². The topological polar surface area (TPSA) is 71.2 Å². The Morgan fingerprint density at radius 2 is 2.07 bits per heavy atom. The van der Waals surface area contributed by atoms with E-state index in [4.69, 9.17) is 4.74 Å². The minimum absolute atomic E-state index is 0.270. The number of ether oxygens (including phenoxy) is 1. The SMILES string of the molecule is C=C/C=C1\C(=C)Oc2ccc(C)cc2C1NC(=O)c1ccc(C(F)F)[nH]c1=O. The number of fused-ring (bicyclic) bond motifs is 1. The summed E-state index contributed by atoms with van der Waals surface area (Å²) in [5.74, 6) is 0.164. The molecule has 1 aromatic carbocycles. The monoisotopic (exact) mass is 384 g/mol. The van der Waals surface area contributed by atoms with Crippen molar-refractivity contribution in [2.24, 2.45) is 0 Å². The number of hydrogen-bond acceptors (Lipinski definition) is 3. The lowest BCUT2D eigenvalue weighted by atomic mass is 9.92. The lowest BCUT2D eigenvalue weighted by Gasteiger charge is -2.30. The van der Waals surface area contributed by atoms with Crippen LogP contribution in [0.4, 0.5) is 8.78 Å². The van der Waals surface area contributed by atoms with Gasteiger partial charge in [-0.05, 0) is 31.2 Å². The second kappa shape index (κ2) is 7.64. The van der Waals surface area contributed by atoms with Gasteiger partial charge >= 0.3 is 0 Å². The van der Waals surface area contributed by atoms with E-state index in [1.165, 1.54) is 6.08 Å². The van der Waals surface area contributed by atoms with Crippen LogP contribution in [0.3, 0.4) is 0 Å². The van der Waals surface area contributed by atoms with E-state index in [0.29, 0.717) is 22.6 Å². The van der Waals surface area contributed by atoms with Crippen LogP contribution in [0.15, 0.2) is 71.8 Å². The molecule has 0 saturated carbocycles. The van der Waals surface area contributed by atoms with E-state index >= 15 is 0 Å². The average Bonchev–Trinajstić information content (AvgIpc) is 2.64. The van der Waals surface area contributed by atoms with Crippen LogP contribution in [0, 0.1) is 6.92 Å². The summed E-state index contributed by atoms with van der Waals surface area (Å²) in [6.07, 6.45) is 0.358. The number of pyridine rings is 1. The van der Waals surface area contributed by atoms with Gasteiger partial charge in [-0.25, -0.2) is 8.78 Å². The third-order valence-corrected chi connectivity index (χ3v) is 4.33. The van der Waals surface area contributed by atoms with Crippen molar-refractivity contribution in [2.45, 2.75) is 19.4 Å². The Kier molecular flexibility index (Phi) is 5.26. The van der Waals surface area contributed by atoms with Gasteiger partial charge in [-0.1, -0.05) is 36.9 Å². The smallest absolute Gasteiger partial charge is 0.278 e. The van der Waals surface area contributed by atoms with Gasteiger partial charge in [-0.15, -0.1) is 0 Å². The van der Waals surface area contributed by atoms with E-state index in [1.807, 2.05) is 24.0 Å². The molecule has 1 aliphatic rings. The predicted octanol–water partition coefficient (Wildman–Crippen LogP) is 4.11. The fourth-order valence-electron chi connectivity index (χ4n) is 2.98. The molecular weight excluding hydrogens is 366 g/mol. The third kappa shape index (κ3) is 3.64. The normalized spacial score (nSPS) is 17.2. The van der Waals surface area contributed by atoms with Gasteiger partial charge in [0.15, 0.2) is 0 Å². The lowest BCUT2D eigenvalue weighted by Crippen LogP contribution is -2.36. The zero-order valence-corrected chi connectivity index (χ0v) is 15.1. The molecule has 1 atom stereocenters. The first kappa shape index (κ1) is 19.3. The fraction of sp³-hybridized carbons (Fsp3) is 0.143. The number of hydrogen-bond donors (Lipinski definition) is 2. The molecule has 2 N–H and O–H groups in total. The number of benzene rings is 1. The summed E-state index contributed by atoms with van der Waals surface area (Å²) in [4.78, 5) is 26.8. The number of amides is 1. The molecule has 1 aromatic heterocycles. The summed E-state index contributed by atoms with van der Waals surface area (Å²) in [6, 6.07) is 6.94. The third-order valence-electron chi connectivity index (χ3n) is 4.33. The number of rotatable bonds is 4. The Morgan fingerprint density at radius 3 is 2.71 bits per heavy atom. The molecule has 1 unspecified atom stereocenters. The van der Waals surface area contributed by atoms with Gasteiger partial charge in [0.1, 0.15) is 17.1 Å². The number of nitrogens with one attached hydrogen (secondary N) is 2. The van der Waals surface area contributed by atoms with Crippen LogP contribution in [0.2, 0.25) is 0 Å². The fourth-order valence-corrected chi connectivity index (χ4v) is 2.98. The standard InChI is InChI=1S/C21H18F2N2O3/c1-4-5-13-12(3)28-17-9-6-11(2)10-15(17)18(13)25-21(27)14-7-8-16(19(22)23)24-20(14)26/h4-10,18-19H,1,3H2,2H3,(H,24,26)(H,25,27)/b13-5+. The minimum atomic E-state index is -2.83. The van der Waals surface area contributed by atoms with Gasteiger partial charge in [0.25, 0.3) is 17.9 Å². The number of H-pyrrole nitrogens is 1. The molecule has 0 radical (unpaired) electrons. The molecule has 3 rings (SSSR count). The minimum Gasteiger partial charge on any atom is -0.457 e. The highest BCUT2D eigenvalue weighted by Crippen LogP contribution is 2.40. The summed E-state index contributed by atoms with van der Waals surface area (Å²) < 4.78 is 31.2. The van der Waals surface area contributed by atoms with Crippen molar-refractivity contribution in [3.05, 3.63) is 99.7 Å². The summed E-state index contributed by atoms with van der Waals surface area (Å²) in [5, 5.41) is 2.77.